The molecule has 0 bridgehead atoms. The minimum atomic E-state index is -0.412. The highest BCUT2D eigenvalue weighted by molar-refractivity contribution is 8.03. The number of carbonyl (C=O) groups excluding carboxylic acids is 1. The molecule has 0 aliphatic carbocycles. The van der Waals surface area contributed by atoms with E-state index < -0.39 is 6.03 Å². The largest absolute Gasteiger partial charge is 0.363 e. The maximum absolute atomic E-state index is 11.5. The highest BCUT2D eigenvalue weighted by Crippen LogP contribution is 2.19. The molecule has 0 saturated heterocycles. The summed E-state index contributed by atoms with van der Waals surface area (Å²) in [5, 5.41) is 19.1. The molecule has 1 heterocycles. The number of hydrogen-bond acceptors (Lipinski definition) is 5. The van der Waals surface area contributed by atoms with E-state index in [1.54, 1.807) is 24.3 Å². The van der Waals surface area contributed by atoms with Gasteiger partial charge in [0.2, 0.25) is 0 Å². The van der Waals surface area contributed by atoms with Gasteiger partial charge in [0.25, 0.3) is 0 Å². The zero-order valence-corrected chi connectivity index (χ0v) is 9.90. The third kappa shape index (κ3) is 3.26. The minimum absolute atomic E-state index is 0.337. The van der Waals surface area contributed by atoms with E-state index in [1.165, 1.54) is 12.3 Å². The van der Waals surface area contributed by atoms with Crippen molar-refractivity contribution in [3.8, 4) is 5.40 Å². The molecule has 2 amide bonds. The average molecular weight is 260 g/mol. The van der Waals surface area contributed by atoms with Crippen LogP contribution in [0.1, 0.15) is 0 Å². The van der Waals surface area contributed by atoms with Crippen LogP contribution in [0.4, 0.5) is 16.3 Å². The van der Waals surface area contributed by atoms with Crippen LogP contribution in [0.25, 0.3) is 0 Å². The van der Waals surface area contributed by atoms with Crippen molar-refractivity contribution in [3.05, 3.63) is 36.6 Å². The monoisotopic (exact) mass is 260 g/mol. The predicted molar refractivity (Wildman–Crippen MR) is 67.1 cm³/mol. The van der Waals surface area contributed by atoms with Gasteiger partial charge in [0.15, 0.2) is 5.82 Å². The number of nitriles is 1. The first-order valence-electron chi connectivity index (χ1n) is 4.92. The van der Waals surface area contributed by atoms with E-state index in [0.717, 1.165) is 16.7 Å². The zero-order chi connectivity index (χ0) is 12.8. The van der Waals surface area contributed by atoms with Gasteiger partial charge in [-0.2, -0.15) is 5.26 Å². The molecule has 2 rings (SSSR count). The van der Waals surface area contributed by atoms with Crippen LogP contribution in [0.3, 0.4) is 0 Å². The number of anilines is 2. The predicted octanol–water partition coefficient (Wildman–Crippen LogP) is 2.89. The molecule has 7 heteroatoms. The summed E-state index contributed by atoms with van der Waals surface area (Å²) >= 11 is 1.06. The molecule has 18 heavy (non-hydrogen) atoms. The Labute approximate surface area is 107 Å². The maximum atomic E-state index is 11.5. The number of rotatable bonds is 3. The van der Waals surface area contributed by atoms with Gasteiger partial charge in [0.1, 0.15) is 11.7 Å². The third-order valence-electron chi connectivity index (χ3n) is 1.96. The highest BCUT2D eigenvalue weighted by Gasteiger charge is 2.04. The molecule has 2 N–H and O–H groups in total. The summed E-state index contributed by atoms with van der Waals surface area (Å²) in [5.41, 5.74) is 0.623. The van der Waals surface area contributed by atoms with E-state index >= 15 is 0 Å². The Balaban J connectivity index is 1.93. The van der Waals surface area contributed by atoms with Crippen LogP contribution in [-0.2, 0) is 0 Å². The average Bonchev–Trinajstić information content (AvgIpc) is 2.84. The van der Waals surface area contributed by atoms with Gasteiger partial charge in [-0.15, -0.1) is 0 Å². The summed E-state index contributed by atoms with van der Waals surface area (Å²) in [6.45, 7) is 0. The maximum Gasteiger partial charge on any atom is 0.324 e. The zero-order valence-electron chi connectivity index (χ0n) is 9.08. The Bertz CT molecular complexity index is 560. The summed E-state index contributed by atoms with van der Waals surface area (Å²) in [6.07, 6.45) is 1.36. The van der Waals surface area contributed by atoms with Crippen LogP contribution < -0.4 is 10.6 Å². The van der Waals surface area contributed by atoms with Crippen molar-refractivity contribution in [1.82, 2.24) is 5.16 Å². The molecule has 0 radical (unpaired) electrons. The van der Waals surface area contributed by atoms with Gasteiger partial charge in [-0.25, -0.2) is 4.79 Å². The summed E-state index contributed by atoms with van der Waals surface area (Å²) in [4.78, 5) is 12.3. The van der Waals surface area contributed by atoms with Gasteiger partial charge in [-0.3, -0.25) is 5.32 Å². The lowest BCUT2D eigenvalue weighted by molar-refractivity contribution is 0.262. The SMILES string of the molecule is N#CSc1ccc(NC(=O)Nc2ccon2)cc1. The van der Waals surface area contributed by atoms with E-state index in [-0.39, 0.29) is 0 Å². The number of nitrogens with zero attached hydrogens (tertiary/aromatic N) is 2. The first-order chi connectivity index (χ1) is 8.78. The molecule has 90 valence electrons. The standard InChI is InChI=1S/C11H8N4O2S/c12-7-18-9-3-1-8(2-4-9)13-11(16)14-10-5-6-17-15-10/h1-6H,(H2,13,14,15,16). The van der Waals surface area contributed by atoms with E-state index in [4.69, 9.17) is 5.26 Å². The molecule has 0 saturated carbocycles. The number of urea groups is 1. The molecule has 1 aromatic heterocycles. The third-order valence-corrected chi connectivity index (χ3v) is 2.55. The van der Waals surface area contributed by atoms with E-state index in [1.807, 2.05) is 5.40 Å². The van der Waals surface area contributed by atoms with Crippen LogP contribution in [0, 0.1) is 10.7 Å². The first-order valence-corrected chi connectivity index (χ1v) is 5.74. The second-order valence-electron chi connectivity index (χ2n) is 3.18. The topological polar surface area (TPSA) is 91.0 Å². The first kappa shape index (κ1) is 12.0. The van der Waals surface area contributed by atoms with Crippen molar-refractivity contribution in [1.29, 1.82) is 5.26 Å². The molecule has 0 atom stereocenters. The molecule has 0 spiro atoms. The van der Waals surface area contributed by atoms with E-state index in [2.05, 4.69) is 20.3 Å². The van der Waals surface area contributed by atoms with Crippen LogP contribution in [-0.4, -0.2) is 11.2 Å². The lowest BCUT2D eigenvalue weighted by atomic mass is 10.3. The quantitative estimate of drug-likeness (QED) is 0.654. The number of nitrogens with one attached hydrogen (secondary N) is 2. The number of thiocyanates is 1. The second kappa shape index (κ2) is 5.75. The number of aromatic nitrogens is 1. The smallest absolute Gasteiger partial charge is 0.324 e. The van der Waals surface area contributed by atoms with Crippen molar-refractivity contribution >= 4 is 29.3 Å². The summed E-state index contributed by atoms with van der Waals surface area (Å²) in [7, 11) is 0. The Morgan fingerprint density at radius 2 is 2.06 bits per heavy atom. The van der Waals surface area contributed by atoms with Crippen LogP contribution in [0.2, 0.25) is 0 Å². The molecule has 0 aliphatic rings. The van der Waals surface area contributed by atoms with Gasteiger partial charge in [0, 0.05) is 16.6 Å². The number of thioether (sulfide) groups is 1. The molecular formula is C11H8N4O2S. The number of benzene rings is 1. The molecule has 2 aromatic rings. The summed E-state index contributed by atoms with van der Waals surface area (Å²) in [5.74, 6) is 0.337. The fraction of sp³-hybridized carbons (Fsp3) is 0. The molecule has 1 aromatic carbocycles. The van der Waals surface area contributed by atoms with E-state index in [9.17, 15) is 4.79 Å². The van der Waals surface area contributed by atoms with Crippen molar-refractivity contribution in [3.63, 3.8) is 0 Å². The van der Waals surface area contributed by atoms with Gasteiger partial charge in [-0.05, 0) is 36.0 Å². The second-order valence-corrected chi connectivity index (χ2v) is 4.04. The molecular weight excluding hydrogens is 252 g/mol. The van der Waals surface area contributed by atoms with Crippen molar-refractivity contribution in [2.75, 3.05) is 10.6 Å². The Morgan fingerprint density at radius 1 is 1.28 bits per heavy atom. The van der Waals surface area contributed by atoms with Gasteiger partial charge < -0.3 is 9.84 Å². The van der Waals surface area contributed by atoms with Crippen molar-refractivity contribution < 1.29 is 9.32 Å². The van der Waals surface area contributed by atoms with Crippen molar-refractivity contribution in [2.45, 2.75) is 4.90 Å². The lowest BCUT2D eigenvalue weighted by Gasteiger charge is -2.05. The van der Waals surface area contributed by atoms with Crippen LogP contribution in [0.5, 0.6) is 0 Å². The lowest BCUT2D eigenvalue weighted by Crippen LogP contribution is -2.19. The molecule has 0 fully saturated rings. The minimum Gasteiger partial charge on any atom is -0.363 e. The van der Waals surface area contributed by atoms with Gasteiger partial charge >= 0.3 is 6.03 Å². The van der Waals surface area contributed by atoms with Crippen LogP contribution >= 0.6 is 11.8 Å². The number of amides is 2. The fourth-order valence-electron chi connectivity index (χ4n) is 1.21. The summed E-state index contributed by atoms with van der Waals surface area (Å²) < 4.78 is 4.58. The van der Waals surface area contributed by atoms with Gasteiger partial charge in [0.05, 0.1) is 0 Å². The Morgan fingerprint density at radius 3 is 2.67 bits per heavy atom. The van der Waals surface area contributed by atoms with Gasteiger partial charge in [-0.1, -0.05) is 5.16 Å². The summed E-state index contributed by atoms with van der Waals surface area (Å²) in [6, 6.07) is 8.04. The number of carbonyl (C=O) groups is 1. The fourth-order valence-corrected chi connectivity index (χ4v) is 1.59. The van der Waals surface area contributed by atoms with Crippen LogP contribution in [0.15, 0.2) is 46.0 Å². The number of hydrogen-bond donors (Lipinski definition) is 2. The highest BCUT2D eigenvalue weighted by atomic mass is 32.2. The molecule has 6 nitrogen and oxygen atoms in total. The van der Waals surface area contributed by atoms with Crippen molar-refractivity contribution in [2.24, 2.45) is 0 Å². The van der Waals surface area contributed by atoms with E-state index in [0.29, 0.717) is 11.5 Å². The molecule has 0 unspecified atom stereocenters. The Kier molecular flexibility index (Phi) is 3.83. The Hall–Kier alpha value is -2.46. The molecule has 0 aliphatic heterocycles. The normalized spacial score (nSPS) is 9.50.